The van der Waals surface area contributed by atoms with Gasteiger partial charge in [0.05, 0.1) is 17.4 Å². The van der Waals surface area contributed by atoms with Crippen molar-refractivity contribution in [3.8, 4) is 0 Å². The molecule has 1 fully saturated rings. The van der Waals surface area contributed by atoms with Crippen LogP contribution in [-0.4, -0.2) is 41.4 Å². The van der Waals surface area contributed by atoms with Crippen LogP contribution in [0.15, 0.2) is 30.6 Å². The fourth-order valence-electron chi connectivity index (χ4n) is 3.38. The van der Waals surface area contributed by atoms with E-state index in [2.05, 4.69) is 20.5 Å². The highest BCUT2D eigenvalue weighted by Crippen LogP contribution is 2.35. The molecular weight excluding hydrogens is 320 g/mol. The number of nitrogens with one attached hydrogen (secondary N) is 1. The fourth-order valence-corrected chi connectivity index (χ4v) is 3.38. The molecule has 3 aromatic rings. The zero-order valence-corrected chi connectivity index (χ0v) is 14.0. The summed E-state index contributed by atoms with van der Waals surface area (Å²) in [7, 11) is 1.86. The zero-order valence-electron chi connectivity index (χ0n) is 14.0. The standard InChI is InChI=1S/C17H20N6O2/c1-22-15(9-24)20-21-17(22)11-6-12(7-11)19-16(25)8-23-10-18-13-4-2-3-5-14(13)23/h2-5,10-12,24H,6-9H2,1H3,(H,19,25). The van der Waals surface area contributed by atoms with Crippen LogP contribution in [0.25, 0.3) is 11.0 Å². The third-order valence-electron chi connectivity index (χ3n) is 4.85. The molecule has 0 saturated heterocycles. The summed E-state index contributed by atoms with van der Waals surface area (Å²) in [4.78, 5) is 16.6. The van der Waals surface area contributed by atoms with E-state index >= 15 is 0 Å². The lowest BCUT2D eigenvalue weighted by Crippen LogP contribution is -2.45. The Balaban J connectivity index is 1.33. The number of para-hydroxylation sites is 2. The quantitative estimate of drug-likeness (QED) is 0.713. The first-order chi connectivity index (χ1) is 12.2. The van der Waals surface area contributed by atoms with Crippen LogP contribution < -0.4 is 5.32 Å². The topological polar surface area (TPSA) is 97.9 Å². The number of carbonyl (C=O) groups excluding carboxylic acids is 1. The number of rotatable bonds is 5. The number of hydrogen-bond acceptors (Lipinski definition) is 5. The second kappa shape index (κ2) is 6.29. The molecule has 0 unspecified atom stereocenters. The first-order valence-electron chi connectivity index (χ1n) is 8.34. The number of nitrogens with zero attached hydrogens (tertiary/aromatic N) is 5. The molecule has 0 bridgehead atoms. The van der Waals surface area contributed by atoms with Gasteiger partial charge in [0, 0.05) is 19.0 Å². The van der Waals surface area contributed by atoms with E-state index in [9.17, 15) is 9.90 Å². The third kappa shape index (κ3) is 2.89. The van der Waals surface area contributed by atoms with Crippen molar-refractivity contribution in [2.75, 3.05) is 0 Å². The van der Waals surface area contributed by atoms with Crippen molar-refractivity contribution in [2.24, 2.45) is 7.05 Å². The first kappa shape index (κ1) is 15.8. The summed E-state index contributed by atoms with van der Waals surface area (Å²) in [5.74, 6) is 1.70. The molecule has 8 nitrogen and oxygen atoms in total. The highest BCUT2D eigenvalue weighted by Gasteiger charge is 2.34. The highest BCUT2D eigenvalue weighted by atomic mass is 16.3. The fraction of sp³-hybridized carbons (Fsp3) is 0.412. The Kier molecular flexibility index (Phi) is 3.96. The third-order valence-corrected chi connectivity index (χ3v) is 4.85. The van der Waals surface area contributed by atoms with Gasteiger partial charge < -0.3 is 19.6 Å². The van der Waals surface area contributed by atoms with Crippen molar-refractivity contribution in [1.29, 1.82) is 0 Å². The summed E-state index contributed by atoms with van der Waals surface area (Å²) in [6.45, 7) is 0.148. The van der Waals surface area contributed by atoms with Gasteiger partial charge in [-0.2, -0.15) is 0 Å². The smallest absolute Gasteiger partial charge is 0.240 e. The van der Waals surface area contributed by atoms with Crippen molar-refractivity contribution in [2.45, 2.75) is 38.0 Å². The Morgan fingerprint density at radius 1 is 1.32 bits per heavy atom. The second-order valence-electron chi connectivity index (χ2n) is 6.49. The molecule has 4 rings (SSSR count). The van der Waals surface area contributed by atoms with Gasteiger partial charge in [0.1, 0.15) is 19.0 Å². The van der Waals surface area contributed by atoms with Gasteiger partial charge in [-0.1, -0.05) is 12.1 Å². The molecule has 8 heteroatoms. The number of fused-ring (bicyclic) bond motifs is 1. The average Bonchev–Trinajstić information content (AvgIpc) is 3.15. The minimum atomic E-state index is -0.116. The Morgan fingerprint density at radius 2 is 2.12 bits per heavy atom. The van der Waals surface area contributed by atoms with Crippen LogP contribution in [-0.2, 0) is 25.0 Å². The van der Waals surface area contributed by atoms with Crippen molar-refractivity contribution < 1.29 is 9.90 Å². The number of aromatic nitrogens is 5. The van der Waals surface area contributed by atoms with E-state index in [-0.39, 0.29) is 31.0 Å². The predicted octanol–water partition coefficient (Wildman–Crippen LogP) is 0.719. The average molecular weight is 340 g/mol. The largest absolute Gasteiger partial charge is 0.388 e. The van der Waals surface area contributed by atoms with E-state index in [0.29, 0.717) is 5.82 Å². The number of aliphatic hydroxyl groups excluding tert-OH is 1. The maximum absolute atomic E-state index is 12.3. The van der Waals surface area contributed by atoms with Crippen LogP contribution >= 0.6 is 0 Å². The van der Waals surface area contributed by atoms with Crippen molar-refractivity contribution in [3.63, 3.8) is 0 Å². The number of hydrogen-bond donors (Lipinski definition) is 2. The van der Waals surface area contributed by atoms with E-state index in [1.807, 2.05) is 40.4 Å². The van der Waals surface area contributed by atoms with Crippen molar-refractivity contribution >= 4 is 16.9 Å². The molecule has 1 aromatic carbocycles. The molecule has 1 amide bonds. The first-order valence-corrected chi connectivity index (χ1v) is 8.34. The van der Waals surface area contributed by atoms with Crippen LogP contribution in [0.2, 0.25) is 0 Å². The molecule has 2 heterocycles. The number of aliphatic hydroxyl groups is 1. The molecule has 1 aliphatic carbocycles. The van der Waals surface area contributed by atoms with Crippen LogP contribution in [0.5, 0.6) is 0 Å². The Hall–Kier alpha value is -2.74. The summed E-state index contributed by atoms with van der Waals surface area (Å²) >= 11 is 0. The number of amides is 1. The molecule has 1 aliphatic rings. The summed E-state index contributed by atoms with van der Waals surface area (Å²) in [5.41, 5.74) is 1.85. The lowest BCUT2D eigenvalue weighted by molar-refractivity contribution is -0.123. The van der Waals surface area contributed by atoms with E-state index in [1.165, 1.54) is 0 Å². The van der Waals surface area contributed by atoms with Gasteiger partial charge in [-0.05, 0) is 25.0 Å². The van der Waals surface area contributed by atoms with Crippen LogP contribution in [0.1, 0.15) is 30.4 Å². The van der Waals surface area contributed by atoms with Gasteiger partial charge in [0.25, 0.3) is 0 Å². The second-order valence-corrected chi connectivity index (χ2v) is 6.49. The number of imidazole rings is 1. The summed E-state index contributed by atoms with van der Waals surface area (Å²) < 4.78 is 3.69. The molecule has 0 aliphatic heterocycles. The van der Waals surface area contributed by atoms with Gasteiger partial charge in [-0.25, -0.2) is 4.98 Å². The molecule has 2 N–H and O–H groups in total. The monoisotopic (exact) mass is 340 g/mol. The molecule has 130 valence electrons. The summed E-state index contributed by atoms with van der Waals surface area (Å²) in [6.07, 6.45) is 3.38. The van der Waals surface area contributed by atoms with Crippen LogP contribution in [0.4, 0.5) is 0 Å². The van der Waals surface area contributed by atoms with E-state index in [1.54, 1.807) is 6.33 Å². The SMILES string of the molecule is Cn1c(CO)nnc1C1CC(NC(=O)Cn2cnc3ccccc32)C1. The van der Waals surface area contributed by atoms with E-state index in [0.717, 1.165) is 29.7 Å². The molecule has 25 heavy (non-hydrogen) atoms. The van der Waals surface area contributed by atoms with Crippen LogP contribution in [0.3, 0.4) is 0 Å². The zero-order chi connectivity index (χ0) is 17.4. The summed E-state index contributed by atoms with van der Waals surface area (Å²) in [6, 6.07) is 7.92. The van der Waals surface area contributed by atoms with E-state index in [4.69, 9.17) is 0 Å². The maximum Gasteiger partial charge on any atom is 0.240 e. The lowest BCUT2D eigenvalue weighted by atomic mass is 9.79. The molecule has 2 aromatic heterocycles. The number of carbonyl (C=O) groups is 1. The molecule has 0 atom stereocenters. The normalized spacial score (nSPS) is 19.8. The number of benzene rings is 1. The lowest BCUT2D eigenvalue weighted by Gasteiger charge is -2.35. The van der Waals surface area contributed by atoms with Crippen molar-refractivity contribution in [3.05, 3.63) is 42.2 Å². The van der Waals surface area contributed by atoms with E-state index < -0.39 is 0 Å². The molecule has 0 spiro atoms. The molecule has 0 radical (unpaired) electrons. The van der Waals surface area contributed by atoms with Gasteiger partial charge >= 0.3 is 0 Å². The minimum Gasteiger partial charge on any atom is -0.388 e. The Labute approximate surface area is 144 Å². The van der Waals surface area contributed by atoms with Crippen LogP contribution in [0, 0.1) is 0 Å². The highest BCUT2D eigenvalue weighted by molar-refractivity contribution is 5.80. The van der Waals surface area contributed by atoms with Gasteiger partial charge in [0.2, 0.25) is 5.91 Å². The Morgan fingerprint density at radius 3 is 2.88 bits per heavy atom. The predicted molar refractivity (Wildman–Crippen MR) is 90.6 cm³/mol. The van der Waals surface area contributed by atoms with Gasteiger partial charge in [0.15, 0.2) is 5.82 Å². The summed E-state index contributed by atoms with van der Waals surface area (Å²) in [5, 5.41) is 20.4. The van der Waals surface area contributed by atoms with Crippen molar-refractivity contribution in [1.82, 2.24) is 29.6 Å². The van der Waals surface area contributed by atoms with Gasteiger partial charge in [-0.3, -0.25) is 4.79 Å². The Bertz CT molecular complexity index is 909. The minimum absolute atomic E-state index is 0.0133. The van der Waals surface area contributed by atoms with Gasteiger partial charge in [-0.15, -0.1) is 10.2 Å². The maximum atomic E-state index is 12.3. The molecular formula is C17H20N6O2. The molecule has 1 saturated carbocycles.